The van der Waals surface area contributed by atoms with Crippen molar-refractivity contribution in [3.63, 3.8) is 0 Å². The SMILES string of the molecule is CNC(=O)C(CCC=O)N(C)Cc1c(C=O)cccc1NCc1c(O)c(O)c(CN2CCOCC2)c(O)c1O. The van der Waals surface area contributed by atoms with Gasteiger partial charge in [-0.25, -0.2) is 0 Å². The molecule has 0 bridgehead atoms. The molecular weight excluding hydrogens is 508 g/mol. The summed E-state index contributed by atoms with van der Waals surface area (Å²) in [4.78, 5) is 38.8. The first-order valence-electron chi connectivity index (χ1n) is 12.7. The van der Waals surface area contributed by atoms with Crippen LogP contribution in [0.15, 0.2) is 18.2 Å². The first-order valence-corrected chi connectivity index (χ1v) is 12.7. The molecule has 1 atom stereocenters. The van der Waals surface area contributed by atoms with Crippen LogP contribution in [0, 0.1) is 0 Å². The fourth-order valence-electron chi connectivity index (χ4n) is 4.64. The van der Waals surface area contributed by atoms with E-state index in [1.165, 1.54) is 7.05 Å². The minimum absolute atomic E-state index is 0.0106. The van der Waals surface area contributed by atoms with Crippen molar-refractivity contribution >= 4 is 24.2 Å². The molecule has 1 heterocycles. The summed E-state index contributed by atoms with van der Waals surface area (Å²) < 4.78 is 5.30. The number of nitrogens with zero attached hydrogens (tertiary/aromatic N) is 2. The number of hydrogen-bond donors (Lipinski definition) is 6. The molecule has 12 heteroatoms. The van der Waals surface area contributed by atoms with Crippen molar-refractivity contribution in [3.8, 4) is 23.0 Å². The van der Waals surface area contributed by atoms with Crippen LogP contribution < -0.4 is 10.6 Å². The number of amides is 1. The lowest BCUT2D eigenvalue weighted by Gasteiger charge is -2.28. The molecule has 12 nitrogen and oxygen atoms in total. The Morgan fingerprint density at radius 2 is 1.69 bits per heavy atom. The van der Waals surface area contributed by atoms with E-state index in [9.17, 15) is 34.8 Å². The average molecular weight is 545 g/mol. The van der Waals surface area contributed by atoms with Crippen LogP contribution in [0.25, 0.3) is 0 Å². The summed E-state index contributed by atoms with van der Waals surface area (Å²) in [5.41, 5.74) is 1.27. The molecule has 39 heavy (non-hydrogen) atoms. The number of nitrogens with one attached hydrogen (secondary N) is 2. The number of rotatable bonds is 13. The highest BCUT2D eigenvalue weighted by molar-refractivity contribution is 5.83. The summed E-state index contributed by atoms with van der Waals surface area (Å²) in [6.45, 7) is 2.23. The van der Waals surface area contributed by atoms with Crippen molar-refractivity contribution in [1.29, 1.82) is 0 Å². The predicted molar refractivity (Wildman–Crippen MR) is 143 cm³/mol. The molecule has 0 spiro atoms. The van der Waals surface area contributed by atoms with Crippen molar-refractivity contribution in [1.82, 2.24) is 15.1 Å². The zero-order valence-electron chi connectivity index (χ0n) is 22.1. The topological polar surface area (TPSA) is 172 Å². The van der Waals surface area contributed by atoms with Crippen molar-refractivity contribution in [2.24, 2.45) is 0 Å². The van der Waals surface area contributed by atoms with E-state index >= 15 is 0 Å². The Kier molecular flexibility index (Phi) is 10.5. The minimum Gasteiger partial charge on any atom is -0.504 e. The van der Waals surface area contributed by atoms with E-state index in [2.05, 4.69) is 10.6 Å². The van der Waals surface area contributed by atoms with Crippen LogP contribution >= 0.6 is 0 Å². The van der Waals surface area contributed by atoms with Crippen LogP contribution in [-0.4, -0.2) is 95.1 Å². The smallest absolute Gasteiger partial charge is 0.237 e. The van der Waals surface area contributed by atoms with E-state index < -0.39 is 29.0 Å². The number of phenolic OH excluding ortho intramolecular Hbond substituents is 4. The number of aromatic hydroxyl groups is 4. The van der Waals surface area contributed by atoms with Crippen LogP contribution in [0.4, 0.5) is 5.69 Å². The van der Waals surface area contributed by atoms with E-state index in [-0.39, 0.29) is 43.1 Å². The van der Waals surface area contributed by atoms with E-state index in [1.54, 1.807) is 30.1 Å². The maximum atomic E-state index is 12.4. The third-order valence-corrected chi connectivity index (χ3v) is 6.92. The van der Waals surface area contributed by atoms with Gasteiger partial charge in [-0.1, -0.05) is 12.1 Å². The number of ether oxygens (including phenoxy) is 1. The number of carbonyl (C=O) groups excluding carboxylic acids is 3. The number of morpholine rings is 1. The molecule has 6 N–H and O–H groups in total. The van der Waals surface area contributed by atoms with Gasteiger partial charge in [-0.3, -0.25) is 19.4 Å². The van der Waals surface area contributed by atoms with Gasteiger partial charge in [0.25, 0.3) is 0 Å². The van der Waals surface area contributed by atoms with E-state index in [0.29, 0.717) is 55.8 Å². The first kappa shape index (κ1) is 29.7. The summed E-state index contributed by atoms with van der Waals surface area (Å²) in [7, 11) is 3.21. The van der Waals surface area contributed by atoms with Crippen molar-refractivity contribution in [3.05, 3.63) is 40.5 Å². The molecule has 0 aromatic heterocycles. The fourth-order valence-corrected chi connectivity index (χ4v) is 4.64. The summed E-state index contributed by atoms with van der Waals surface area (Å²) >= 11 is 0. The highest BCUT2D eigenvalue weighted by Gasteiger charge is 2.26. The van der Waals surface area contributed by atoms with Gasteiger partial charge in [-0.15, -0.1) is 0 Å². The van der Waals surface area contributed by atoms with Gasteiger partial charge < -0.3 is 40.6 Å². The van der Waals surface area contributed by atoms with Crippen LogP contribution in [0.3, 0.4) is 0 Å². The molecule has 2 aromatic carbocycles. The molecule has 1 saturated heterocycles. The van der Waals surface area contributed by atoms with Crippen molar-refractivity contribution in [2.75, 3.05) is 45.7 Å². The largest absolute Gasteiger partial charge is 0.504 e. The number of anilines is 1. The highest BCUT2D eigenvalue weighted by Crippen LogP contribution is 2.47. The van der Waals surface area contributed by atoms with Crippen molar-refractivity contribution < 1.29 is 39.5 Å². The molecule has 1 aliphatic rings. The van der Waals surface area contributed by atoms with E-state index in [4.69, 9.17) is 4.74 Å². The second kappa shape index (κ2) is 13.8. The van der Waals surface area contributed by atoms with E-state index in [0.717, 1.165) is 6.29 Å². The first-order chi connectivity index (χ1) is 18.7. The van der Waals surface area contributed by atoms with Crippen molar-refractivity contribution in [2.45, 2.75) is 38.5 Å². The van der Waals surface area contributed by atoms with Gasteiger partial charge in [0.05, 0.1) is 30.4 Å². The van der Waals surface area contributed by atoms with Gasteiger partial charge in [0.2, 0.25) is 5.91 Å². The fraction of sp³-hybridized carbons (Fsp3) is 0.444. The second-order valence-electron chi connectivity index (χ2n) is 9.37. The highest BCUT2D eigenvalue weighted by atomic mass is 16.5. The Balaban J connectivity index is 1.86. The monoisotopic (exact) mass is 544 g/mol. The quantitative estimate of drug-likeness (QED) is 0.122. The maximum absolute atomic E-state index is 12.4. The normalized spacial score (nSPS) is 14.6. The number of phenols is 4. The predicted octanol–water partition coefficient (Wildman–Crippen LogP) is 1.29. The number of aldehydes is 2. The van der Waals surface area contributed by atoms with Crippen LogP contribution in [0.5, 0.6) is 23.0 Å². The zero-order chi connectivity index (χ0) is 28.5. The molecule has 2 aromatic rings. The third kappa shape index (κ3) is 6.96. The number of carbonyl (C=O) groups is 3. The third-order valence-electron chi connectivity index (χ3n) is 6.92. The molecular formula is C27H36N4O8. The van der Waals surface area contributed by atoms with Gasteiger partial charge >= 0.3 is 0 Å². The number of benzene rings is 2. The average Bonchev–Trinajstić information content (AvgIpc) is 2.95. The van der Waals surface area contributed by atoms with Gasteiger partial charge in [0.1, 0.15) is 12.6 Å². The summed E-state index contributed by atoms with van der Waals surface area (Å²) in [5, 5.41) is 48.4. The van der Waals surface area contributed by atoms with E-state index in [1.807, 2.05) is 4.90 Å². The second-order valence-corrected chi connectivity index (χ2v) is 9.37. The standard InChI is InChI=1S/C27H36N4O8/c1-28-27(38)22(7-4-10-32)30(2)14-19-17(16-33)5-3-6-21(19)29-13-18-23(34)25(36)20(26(37)24(18)35)15-31-8-11-39-12-9-31/h3,5-6,10,16,22,29,34-37H,4,7-9,11-15H2,1-2H3,(H,28,38). The van der Waals surface area contributed by atoms with Gasteiger partial charge in [0, 0.05) is 57.4 Å². The number of hydrogen-bond acceptors (Lipinski definition) is 11. The van der Waals surface area contributed by atoms with Gasteiger partial charge in [0.15, 0.2) is 23.0 Å². The molecule has 1 aliphatic heterocycles. The molecule has 0 radical (unpaired) electrons. The molecule has 212 valence electrons. The molecule has 1 amide bonds. The zero-order valence-corrected chi connectivity index (χ0v) is 22.1. The van der Waals surface area contributed by atoms with Gasteiger partial charge in [-0.2, -0.15) is 0 Å². The molecule has 0 saturated carbocycles. The molecule has 1 unspecified atom stereocenters. The molecule has 0 aliphatic carbocycles. The Hall–Kier alpha value is -3.87. The van der Waals surface area contributed by atoms with Crippen LogP contribution in [-0.2, 0) is 34.0 Å². The number of likely N-dealkylation sites (N-methyl/N-ethyl adjacent to an activating group) is 2. The van der Waals surface area contributed by atoms with Crippen LogP contribution in [0.2, 0.25) is 0 Å². The van der Waals surface area contributed by atoms with Crippen LogP contribution in [0.1, 0.15) is 39.9 Å². The maximum Gasteiger partial charge on any atom is 0.237 e. The Labute approximate surface area is 226 Å². The molecule has 3 rings (SSSR count). The Morgan fingerprint density at radius 3 is 2.28 bits per heavy atom. The summed E-state index contributed by atoms with van der Waals surface area (Å²) in [6.07, 6.45) is 1.91. The lowest BCUT2D eigenvalue weighted by molar-refractivity contribution is -0.126. The summed E-state index contributed by atoms with van der Waals surface area (Å²) in [5.74, 6) is -2.47. The minimum atomic E-state index is -0.617. The summed E-state index contributed by atoms with van der Waals surface area (Å²) in [6, 6.07) is 4.35. The molecule has 1 fully saturated rings. The lowest BCUT2D eigenvalue weighted by atomic mass is 10.0. The Bertz CT molecular complexity index is 1150. The Morgan fingerprint density at radius 1 is 1.05 bits per heavy atom. The van der Waals surface area contributed by atoms with Gasteiger partial charge in [-0.05, 0) is 25.1 Å². The lowest BCUT2D eigenvalue weighted by Crippen LogP contribution is -2.43.